The van der Waals surface area contributed by atoms with E-state index in [1.807, 2.05) is 11.8 Å². The second-order valence-corrected chi connectivity index (χ2v) is 10.3. The van der Waals surface area contributed by atoms with E-state index < -0.39 is 27.4 Å². The monoisotopic (exact) mass is 563 g/mol. The molecule has 2 rings (SSSR count). The minimum atomic E-state index is -4.33. The zero-order chi connectivity index (χ0) is 21.7. The van der Waals surface area contributed by atoms with Gasteiger partial charge in [-0.2, -0.15) is 13.2 Å². The number of rotatable bonds is 6. The summed E-state index contributed by atoms with van der Waals surface area (Å²) in [4.78, 5) is 6.55. The maximum absolute atomic E-state index is 12.2. The molecule has 0 radical (unpaired) electrons. The van der Waals surface area contributed by atoms with E-state index in [9.17, 15) is 21.6 Å². The van der Waals surface area contributed by atoms with Gasteiger partial charge in [0, 0.05) is 19.6 Å². The van der Waals surface area contributed by atoms with Crippen molar-refractivity contribution in [3.8, 4) is 0 Å². The quantitative estimate of drug-likeness (QED) is 0.327. The molecular weight excluding hydrogens is 534 g/mol. The third kappa shape index (κ3) is 7.88. The van der Waals surface area contributed by atoms with Crippen molar-refractivity contribution in [2.75, 3.05) is 32.0 Å². The molecule has 1 heterocycles. The summed E-state index contributed by atoms with van der Waals surface area (Å²) in [5.41, 5.74) is 1.54. The zero-order valence-corrected chi connectivity index (χ0v) is 20.5. The molecule has 0 amide bonds. The van der Waals surface area contributed by atoms with Crippen molar-refractivity contribution in [2.24, 2.45) is 4.99 Å². The normalized spacial score (nSPS) is 18.6. The standard InChI is InChI=1S/C19H28F3N3O3S.HI/c1-4-23-17(25-9-10-29(26,27)18(2,3)13-25)24-11-15-5-7-16(8-6-15)12-28-14-19(20,21)22;/h5-8H,4,9-14H2,1-3H3,(H,23,24);1H. The summed E-state index contributed by atoms with van der Waals surface area (Å²) >= 11 is 0. The fraction of sp³-hybridized carbons (Fsp3) is 0.632. The first-order valence-corrected chi connectivity index (χ1v) is 11.1. The van der Waals surface area contributed by atoms with Crippen LogP contribution in [0.25, 0.3) is 0 Å². The van der Waals surface area contributed by atoms with Crippen LogP contribution < -0.4 is 5.32 Å². The van der Waals surface area contributed by atoms with Crippen LogP contribution in [-0.4, -0.2) is 62.2 Å². The number of alkyl halides is 3. The number of nitrogens with zero attached hydrogens (tertiary/aromatic N) is 2. The van der Waals surface area contributed by atoms with Gasteiger partial charge in [-0.15, -0.1) is 24.0 Å². The largest absolute Gasteiger partial charge is 0.411 e. The van der Waals surface area contributed by atoms with Gasteiger partial charge in [0.2, 0.25) is 0 Å². The van der Waals surface area contributed by atoms with Crippen LogP contribution in [0.5, 0.6) is 0 Å². The summed E-state index contributed by atoms with van der Waals surface area (Å²) in [7, 11) is -3.14. The first-order valence-electron chi connectivity index (χ1n) is 9.41. The van der Waals surface area contributed by atoms with Crippen LogP contribution in [0.2, 0.25) is 0 Å². The number of hydrogen-bond acceptors (Lipinski definition) is 4. The molecular formula is C19H29F3IN3O3S. The van der Waals surface area contributed by atoms with Gasteiger partial charge in [0.05, 0.1) is 23.7 Å². The lowest BCUT2D eigenvalue weighted by Crippen LogP contribution is -2.57. The van der Waals surface area contributed by atoms with Gasteiger partial charge < -0.3 is 15.0 Å². The van der Waals surface area contributed by atoms with E-state index in [-0.39, 0.29) is 36.3 Å². The summed E-state index contributed by atoms with van der Waals surface area (Å²) in [5.74, 6) is 0.727. The lowest BCUT2D eigenvalue weighted by atomic mass is 10.1. The number of hydrogen-bond donors (Lipinski definition) is 1. The van der Waals surface area contributed by atoms with Gasteiger partial charge >= 0.3 is 6.18 Å². The van der Waals surface area contributed by atoms with E-state index in [1.54, 1.807) is 38.1 Å². The van der Waals surface area contributed by atoms with Crippen LogP contribution in [0.4, 0.5) is 13.2 Å². The van der Waals surface area contributed by atoms with Gasteiger partial charge in [0.25, 0.3) is 0 Å². The number of guanidine groups is 1. The Kier molecular flexibility index (Phi) is 9.87. The lowest BCUT2D eigenvalue weighted by Gasteiger charge is -2.39. The molecule has 1 N–H and O–H groups in total. The molecule has 1 aliphatic heterocycles. The Balaban J connectivity index is 0.00000450. The topological polar surface area (TPSA) is 71.0 Å². The van der Waals surface area contributed by atoms with Crippen molar-refractivity contribution in [1.82, 2.24) is 10.2 Å². The van der Waals surface area contributed by atoms with Gasteiger partial charge in [-0.1, -0.05) is 24.3 Å². The van der Waals surface area contributed by atoms with Crippen LogP contribution in [0.15, 0.2) is 29.3 Å². The summed E-state index contributed by atoms with van der Waals surface area (Å²) in [6, 6.07) is 7.02. The molecule has 0 aromatic heterocycles. The molecule has 1 fully saturated rings. The Morgan fingerprint density at radius 1 is 1.23 bits per heavy atom. The average molecular weight is 563 g/mol. The molecule has 0 spiro atoms. The molecule has 0 atom stereocenters. The smallest absolute Gasteiger partial charge is 0.367 e. The molecule has 0 saturated carbocycles. The highest BCUT2D eigenvalue weighted by atomic mass is 127. The third-order valence-electron chi connectivity index (χ3n) is 4.65. The predicted octanol–water partition coefficient (Wildman–Crippen LogP) is 3.36. The first kappa shape index (κ1) is 27.0. The van der Waals surface area contributed by atoms with Crippen LogP contribution in [0, 0.1) is 0 Å². The van der Waals surface area contributed by atoms with Gasteiger partial charge in [0.1, 0.15) is 6.61 Å². The predicted molar refractivity (Wildman–Crippen MR) is 122 cm³/mol. The van der Waals surface area contributed by atoms with Crippen LogP contribution in [-0.2, 0) is 27.7 Å². The van der Waals surface area contributed by atoms with Gasteiger partial charge in [-0.25, -0.2) is 13.4 Å². The number of ether oxygens (including phenoxy) is 1. The van der Waals surface area contributed by atoms with E-state index in [0.29, 0.717) is 37.7 Å². The lowest BCUT2D eigenvalue weighted by molar-refractivity contribution is -0.176. The third-order valence-corrected chi connectivity index (χ3v) is 7.18. The highest BCUT2D eigenvalue weighted by Crippen LogP contribution is 2.24. The molecule has 0 aliphatic carbocycles. The SMILES string of the molecule is CCNC(=NCc1ccc(COCC(F)(F)F)cc1)N1CCS(=O)(=O)C(C)(C)C1.I. The molecule has 11 heteroatoms. The Labute approximate surface area is 193 Å². The Morgan fingerprint density at radius 2 is 1.83 bits per heavy atom. The minimum absolute atomic E-state index is 0. The summed E-state index contributed by atoms with van der Waals surface area (Å²) in [5, 5.41) is 3.20. The number of halogens is 4. The molecule has 1 aliphatic rings. The van der Waals surface area contributed by atoms with Crippen molar-refractivity contribution in [3.63, 3.8) is 0 Å². The molecule has 172 valence electrons. The van der Waals surface area contributed by atoms with E-state index in [1.165, 1.54) is 0 Å². The van der Waals surface area contributed by atoms with Gasteiger partial charge in [-0.3, -0.25) is 0 Å². The number of nitrogens with one attached hydrogen (secondary N) is 1. The van der Waals surface area contributed by atoms with Crippen molar-refractivity contribution in [1.29, 1.82) is 0 Å². The fourth-order valence-corrected chi connectivity index (χ4v) is 4.31. The summed E-state index contributed by atoms with van der Waals surface area (Å²) in [6.45, 7) is 5.76. The first-order chi connectivity index (χ1) is 13.4. The van der Waals surface area contributed by atoms with Gasteiger partial charge in [0.15, 0.2) is 15.8 Å². The van der Waals surface area contributed by atoms with Crippen LogP contribution in [0.3, 0.4) is 0 Å². The maximum atomic E-state index is 12.2. The van der Waals surface area contributed by atoms with Crippen molar-refractivity contribution < 1.29 is 26.3 Å². The van der Waals surface area contributed by atoms with E-state index in [4.69, 9.17) is 0 Å². The molecule has 1 aromatic carbocycles. The second-order valence-electron chi connectivity index (χ2n) is 7.59. The van der Waals surface area contributed by atoms with Crippen molar-refractivity contribution in [2.45, 2.75) is 44.8 Å². The Hall–Kier alpha value is -1.08. The van der Waals surface area contributed by atoms with E-state index in [2.05, 4.69) is 15.0 Å². The number of benzene rings is 1. The number of sulfone groups is 1. The Morgan fingerprint density at radius 3 is 2.37 bits per heavy atom. The molecule has 1 saturated heterocycles. The minimum Gasteiger partial charge on any atom is -0.367 e. The highest BCUT2D eigenvalue weighted by molar-refractivity contribution is 14.0. The second kappa shape index (κ2) is 11.0. The van der Waals surface area contributed by atoms with Crippen molar-refractivity contribution >= 4 is 39.8 Å². The summed E-state index contributed by atoms with van der Waals surface area (Å²) < 4.78 is 64.6. The molecule has 6 nitrogen and oxygen atoms in total. The highest BCUT2D eigenvalue weighted by Gasteiger charge is 2.40. The van der Waals surface area contributed by atoms with Gasteiger partial charge in [-0.05, 0) is 31.9 Å². The maximum Gasteiger partial charge on any atom is 0.411 e. The average Bonchev–Trinajstić information content (AvgIpc) is 2.61. The van der Waals surface area contributed by atoms with Crippen LogP contribution >= 0.6 is 24.0 Å². The molecule has 30 heavy (non-hydrogen) atoms. The fourth-order valence-electron chi connectivity index (χ4n) is 2.94. The molecule has 0 unspecified atom stereocenters. The molecule has 0 bridgehead atoms. The van der Waals surface area contributed by atoms with Crippen LogP contribution in [0.1, 0.15) is 31.9 Å². The van der Waals surface area contributed by atoms with E-state index >= 15 is 0 Å². The van der Waals surface area contributed by atoms with E-state index in [0.717, 1.165) is 5.56 Å². The zero-order valence-electron chi connectivity index (χ0n) is 17.3. The summed E-state index contributed by atoms with van der Waals surface area (Å²) in [6.07, 6.45) is -4.33. The molecule has 1 aromatic rings. The van der Waals surface area contributed by atoms with Crippen molar-refractivity contribution in [3.05, 3.63) is 35.4 Å². The Bertz CT molecular complexity index is 813. The number of aliphatic imine (C=N–C) groups is 1.